The molecule has 0 aliphatic rings. The van der Waals surface area contributed by atoms with E-state index in [-0.39, 0.29) is 5.75 Å². The first-order chi connectivity index (χ1) is 8.02. The molecule has 0 bridgehead atoms. The summed E-state index contributed by atoms with van der Waals surface area (Å²) in [6.45, 7) is 0. The van der Waals surface area contributed by atoms with Crippen molar-refractivity contribution in [1.82, 2.24) is 10.6 Å². The maximum Gasteiger partial charge on any atom is 0.321 e. The van der Waals surface area contributed by atoms with Crippen molar-refractivity contribution in [2.75, 3.05) is 12.8 Å². The molecule has 0 aliphatic carbocycles. The zero-order chi connectivity index (χ0) is 12.8. The van der Waals surface area contributed by atoms with E-state index in [0.29, 0.717) is 14.9 Å². The highest BCUT2D eigenvalue weighted by Crippen LogP contribution is 2.29. The Hall–Kier alpha value is -0.910. The van der Waals surface area contributed by atoms with Gasteiger partial charge in [0.15, 0.2) is 0 Å². The summed E-state index contributed by atoms with van der Waals surface area (Å²) < 4.78 is 0. The normalized spacial score (nSPS) is 9.82. The summed E-state index contributed by atoms with van der Waals surface area (Å²) in [4.78, 5) is 22.9. The van der Waals surface area contributed by atoms with Crippen molar-refractivity contribution in [2.24, 2.45) is 0 Å². The third-order valence-corrected chi connectivity index (χ3v) is 3.46. The first-order valence-electron chi connectivity index (χ1n) is 4.62. The molecule has 3 amide bonds. The predicted molar refractivity (Wildman–Crippen MR) is 69.8 cm³/mol. The molecular weight excluding hydrogens is 283 g/mol. The topological polar surface area (TPSA) is 58.2 Å². The third-order valence-electron chi connectivity index (χ3n) is 1.73. The molecule has 1 rings (SSSR count). The second kappa shape index (κ2) is 6.74. The van der Waals surface area contributed by atoms with E-state index in [9.17, 15) is 9.59 Å². The number of halogens is 2. The molecule has 0 aromatic heterocycles. The van der Waals surface area contributed by atoms with Gasteiger partial charge in [0.2, 0.25) is 5.91 Å². The van der Waals surface area contributed by atoms with Crippen molar-refractivity contribution in [3.05, 3.63) is 28.2 Å². The van der Waals surface area contributed by atoms with Gasteiger partial charge in [-0.05, 0) is 18.2 Å². The van der Waals surface area contributed by atoms with Crippen LogP contribution in [0.3, 0.4) is 0 Å². The summed E-state index contributed by atoms with van der Waals surface area (Å²) >= 11 is 12.9. The first-order valence-corrected chi connectivity index (χ1v) is 6.36. The van der Waals surface area contributed by atoms with Crippen LogP contribution < -0.4 is 10.6 Å². The van der Waals surface area contributed by atoms with Crippen LogP contribution in [0.25, 0.3) is 0 Å². The standard InChI is InChI=1S/C10H10Cl2N2O2S/c1-13-10(16)14-9(15)5-17-8-4-6(11)2-3-7(8)12/h2-4H,5H2,1H3,(H2,13,14,15,16). The molecule has 0 spiro atoms. The number of thioether (sulfide) groups is 1. The molecule has 0 aliphatic heterocycles. The SMILES string of the molecule is CNC(=O)NC(=O)CSc1cc(Cl)ccc1Cl. The third kappa shape index (κ3) is 4.85. The van der Waals surface area contributed by atoms with E-state index in [1.54, 1.807) is 18.2 Å². The Labute approximate surface area is 113 Å². The van der Waals surface area contributed by atoms with Gasteiger partial charge >= 0.3 is 6.03 Å². The summed E-state index contributed by atoms with van der Waals surface area (Å²) in [7, 11) is 1.43. The molecule has 0 saturated carbocycles. The van der Waals surface area contributed by atoms with Crippen molar-refractivity contribution < 1.29 is 9.59 Å². The van der Waals surface area contributed by atoms with Crippen LogP contribution in [0.5, 0.6) is 0 Å². The van der Waals surface area contributed by atoms with Crippen LogP contribution >= 0.6 is 35.0 Å². The van der Waals surface area contributed by atoms with Gasteiger partial charge in [0.1, 0.15) is 0 Å². The summed E-state index contributed by atoms with van der Waals surface area (Å²) in [5, 5.41) is 5.50. The van der Waals surface area contributed by atoms with Gasteiger partial charge in [-0.25, -0.2) is 4.79 Å². The molecule has 0 radical (unpaired) electrons. The summed E-state index contributed by atoms with van der Waals surface area (Å²) in [5.74, 6) is -0.307. The Morgan fingerprint density at radius 1 is 1.35 bits per heavy atom. The van der Waals surface area contributed by atoms with Gasteiger partial charge in [0.05, 0.1) is 10.8 Å². The van der Waals surface area contributed by atoms with Crippen molar-refractivity contribution in [1.29, 1.82) is 0 Å². The lowest BCUT2D eigenvalue weighted by molar-refractivity contribution is -0.117. The van der Waals surface area contributed by atoms with Gasteiger partial charge < -0.3 is 5.32 Å². The number of hydrogen-bond acceptors (Lipinski definition) is 3. The molecule has 0 saturated heterocycles. The van der Waals surface area contributed by atoms with Crippen LogP contribution in [0.15, 0.2) is 23.1 Å². The van der Waals surface area contributed by atoms with Crippen molar-refractivity contribution in [2.45, 2.75) is 4.90 Å². The summed E-state index contributed by atoms with van der Waals surface area (Å²) in [6, 6.07) is 4.45. The van der Waals surface area contributed by atoms with Crippen LogP contribution in [0.2, 0.25) is 10.0 Å². The molecule has 1 aromatic rings. The van der Waals surface area contributed by atoms with E-state index in [1.807, 2.05) is 0 Å². The molecule has 0 unspecified atom stereocenters. The lowest BCUT2D eigenvalue weighted by Gasteiger charge is -2.05. The first kappa shape index (κ1) is 14.2. The Morgan fingerprint density at radius 3 is 2.71 bits per heavy atom. The number of rotatable bonds is 3. The molecule has 0 atom stereocenters. The van der Waals surface area contributed by atoms with Gasteiger partial charge in [-0.1, -0.05) is 23.2 Å². The maximum atomic E-state index is 11.3. The van der Waals surface area contributed by atoms with E-state index in [0.717, 1.165) is 0 Å². The Balaban J connectivity index is 2.53. The minimum absolute atomic E-state index is 0.0908. The number of imide groups is 1. The fourth-order valence-corrected chi connectivity index (χ4v) is 2.25. The predicted octanol–water partition coefficient (Wildman–Crippen LogP) is 2.54. The number of carbonyl (C=O) groups excluding carboxylic acids is 2. The average molecular weight is 293 g/mol. The minimum atomic E-state index is -0.534. The Morgan fingerprint density at radius 2 is 2.06 bits per heavy atom. The number of hydrogen-bond donors (Lipinski definition) is 2. The van der Waals surface area contributed by atoms with Crippen molar-refractivity contribution in [3.63, 3.8) is 0 Å². The van der Waals surface area contributed by atoms with E-state index >= 15 is 0 Å². The van der Waals surface area contributed by atoms with E-state index in [1.165, 1.54) is 18.8 Å². The average Bonchev–Trinajstić information content (AvgIpc) is 2.30. The lowest BCUT2D eigenvalue weighted by atomic mass is 10.4. The largest absolute Gasteiger partial charge is 0.341 e. The van der Waals surface area contributed by atoms with Crippen LogP contribution in [-0.2, 0) is 4.79 Å². The fourth-order valence-electron chi connectivity index (χ4n) is 0.956. The molecule has 4 nitrogen and oxygen atoms in total. The highest BCUT2D eigenvalue weighted by atomic mass is 35.5. The fraction of sp³-hybridized carbons (Fsp3) is 0.200. The van der Waals surface area contributed by atoms with E-state index in [4.69, 9.17) is 23.2 Å². The molecule has 2 N–H and O–H groups in total. The molecule has 92 valence electrons. The Kier molecular flexibility index (Phi) is 5.61. The number of nitrogens with one attached hydrogen (secondary N) is 2. The minimum Gasteiger partial charge on any atom is -0.341 e. The van der Waals surface area contributed by atoms with Crippen LogP contribution in [0.1, 0.15) is 0 Å². The monoisotopic (exact) mass is 292 g/mol. The van der Waals surface area contributed by atoms with Crippen LogP contribution in [0, 0.1) is 0 Å². The smallest absolute Gasteiger partial charge is 0.321 e. The lowest BCUT2D eigenvalue weighted by Crippen LogP contribution is -2.38. The molecule has 7 heteroatoms. The summed E-state index contributed by atoms with van der Waals surface area (Å²) in [6.07, 6.45) is 0. The van der Waals surface area contributed by atoms with Gasteiger partial charge in [0, 0.05) is 17.0 Å². The van der Waals surface area contributed by atoms with Crippen LogP contribution in [-0.4, -0.2) is 24.7 Å². The Bertz CT molecular complexity index is 440. The van der Waals surface area contributed by atoms with Crippen LogP contribution in [0.4, 0.5) is 4.79 Å². The second-order valence-electron chi connectivity index (χ2n) is 2.99. The zero-order valence-corrected chi connectivity index (χ0v) is 11.2. The number of urea groups is 1. The van der Waals surface area contributed by atoms with E-state index < -0.39 is 11.9 Å². The quantitative estimate of drug-likeness (QED) is 0.842. The number of benzene rings is 1. The highest BCUT2D eigenvalue weighted by Gasteiger charge is 2.08. The molecule has 1 aromatic carbocycles. The van der Waals surface area contributed by atoms with Crippen molar-refractivity contribution in [3.8, 4) is 0 Å². The maximum absolute atomic E-state index is 11.3. The van der Waals surface area contributed by atoms with Gasteiger partial charge in [-0.15, -0.1) is 11.8 Å². The van der Waals surface area contributed by atoms with Crippen molar-refractivity contribution >= 4 is 46.9 Å². The van der Waals surface area contributed by atoms with Gasteiger partial charge in [-0.3, -0.25) is 10.1 Å². The molecular formula is C10H10Cl2N2O2S. The second-order valence-corrected chi connectivity index (χ2v) is 4.85. The van der Waals surface area contributed by atoms with Gasteiger partial charge in [-0.2, -0.15) is 0 Å². The molecule has 17 heavy (non-hydrogen) atoms. The van der Waals surface area contributed by atoms with E-state index in [2.05, 4.69) is 10.6 Å². The number of carbonyl (C=O) groups is 2. The summed E-state index contributed by atoms with van der Waals surface area (Å²) in [5.41, 5.74) is 0. The highest BCUT2D eigenvalue weighted by molar-refractivity contribution is 8.00. The number of amides is 3. The molecule has 0 heterocycles. The zero-order valence-electron chi connectivity index (χ0n) is 8.92. The molecule has 0 fully saturated rings. The van der Waals surface area contributed by atoms with Gasteiger partial charge in [0.25, 0.3) is 0 Å².